The van der Waals surface area contributed by atoms with Crippen molar-refractivity contribution in [1.29, 1.82) is 0 Å². The Labute approximate surface area is 317 Å². The number of nitrogens with zero attached hydrogens (tertiary/aromatic N) is 2. The van der Waals surface area contributed by atoms with Crippen molar-refractivity contribution < 1.29 is 4.42 Å². The Morgan fingerprint density at radius 2 is 1.28 bits per heavy atom. The molecule has 0 bridgehead atoms. The van der Waals surface area contributed by atoms with E-state index in [0.717, 1.165) is 57.5 Å². The molecule has 3 heteroatoms. The molecule has 0 fully saturated rings. The Kier molecular flexibility index (Phi) is 7.23. The van der Waals surface area contributed by atoms with E-state index in [1.807, 2.05) is 0 Å². The topological polar surface area (TPSA) is 21.3 Å². The monoisotopic (exact) mass is 700 g/mol. The van der Waals surface area contributed by atoms with Gasteiger partial charge in [0.1, 0.15) is 11.2 Å². The molecule has 1 aliphatic rings. The molecule has 2 heterocycles. The summed E-state index contributed by atoms with van der Waals surface area (Å²) < 4.78 is 9.51. The van der Waals surface area contributed by atoms with Gasteiger partial charge in [0.05, 0.1) is 27.8 Å². The zero-order valence-corrected chi connectivity index (χ0v) is 31.7. The standard InChI is InChI=1S/C51H44N2O/c1-6-51(7-2)40-24-14-11-21-38(40)46-41(51)32-44(47-39-22-13-16-27-45(39)54-49(46)47)52(35-30-28-33(29-31-35)50(3,4)5)43-26-17-23-37-36-20-12-15-25-42(36)53(48(37)43)34-18-9-8-10-19-34/h8-32H,6-7H2,1-5H3. The lowest BCUT2D eigenvalue weighted by Crippen LogP contribution is -2.23. The summed E-state index contributed by atoms with van der Waals surface area (Å²) in [5, 5.41) is 4.73. The molecular weight excluding hydrogens is 657 g/mol. The van der Waals surface area contributed by atoms with E-state index >= 15 is 0 Å². The van der Waals surface area contributed by atoms with Gasteiger partial charge in [-0.15, -0.1) is 0 Å². The van der Waals surface area contributed by atoms with Crippen LogP contribution >= 0.6 is 0 Å². The SMILES string of the molecule is CCC1(CC)c2ccccc2-c2c1cc(N(c1ccc(C(C)(C)C)cc1)c1cccc3c4ccccc4n(-c4ccccc4)c13)c1c2oc2ccccc21. The van der Waals surface area contributed by atoms with Gasteiger partial charge in [-0.25, -0.2) is 0 Å². The molecule has 3 nitrogen and oxygen atoms in total. The van der Waals surface area contributed by atoms with Gasteiger partial charge in [0.15, 0.2) is 0 Å². The second-order valence-corrected chi connectivity index (χ2v) is 15.9. The van der Waals surface area contributed by atoms with Crippen LogP contribution in [0, 0.1) is 0 Å². The van der Waals surface area contributed by atoms with Gasteiger partial charge in [-0.2, -0.15) is 0 Å². The summed E-state index contributed by atoms with van der Waals surface area (Å²) in [5.41, 5.74) is 15.2. The molecule has 54 heavy (non-hydrogen) atoms. The first kappa shape index (κ1) is 32.6. The summed E-state index contributed by atoms with van der Waals surface area (Å²) in [6, 6.07) is 55.8. The molecule has 0 atom stereocenters. The maximum atomic E-state index is 7.06. The second kappa shape index (κ2) is 12.0. The van der Waals surface area contributed by atoms with E-state index in [1.54, 1.807) is 0 Å². The molecule has 7 aromatic carbocycles. The first-order chi connectivity index (χ1) is 26.3. The maximum absolute atomic E-state index is 7.06. The van der Waals surface area contributed by atoms with Crippen molar-refractivity contribution in [3.8, 4) is 16.8 Å². The molecular formula is C51H44N2O. The fourth-order valence-electron chi connectivity index (χ4n) is 9.52. The smallest absolute Gasteiger partial charge is 0.145 e. The molecule has 1 aliphatic carbocycles. The molecule has 2 aromatic heterocycles. The Morgan fingerprint density at radius 1 is 0.611 bits per heavy atom. The number of aromatic nitrogens is 1. The summed E-state index contributed by atoms with van der Waals surface area (Å²) in [5.74, 6) is 0. The van der Waals surface area contributed by atoms with E-state index in [4.69, 9.17) is 4.42 Å². The Hall–Kier alpha value is -6.06. The Morgan fingerprint density at radius 3 is 2.04 bits per heavy atom. The first-order valence-electron chi connectivity index (χ1n) is 19.4. The summed E-state index contributed by atoms with van der Waals surface area (Å²) >= 11 is 0. The highest BCUT2D eigenvalue weighted by molar-refractivity contribution is 6.21. The highest BCUT2D eigenvalue weighted by atomic mass is 16.3. The number of rotatable bonds is 6. The van der Waals surface area contributed by atoms with Gasteiger partial charge < -0.3 is 13.9 Å². The fourth-order valence-corrected chi connectivity index (χ4v) is 9.52. The normalized spacial score (nSPS) is 13.6. The molecule has 9 aromatic rings. The summed E-state index contributed by atoms with van der Waals surface area (Å²) in [7, 11) is 0. The maximum Gasteiger partial charge on any atom is 0.145 e. The van der Waals surface area contributed by atoms with Crippen LogP contribution in [0.4, 0.5) is 17.1 Å². The largest absolute Gasteiger partial charge is 0.455 e. The molecule has 0 saturated heterocycles. The predicted molar refractivity (Wildman–Crippen MR) is 228 cm³/mol. The van der Waals surface area contributed by atoms with Gasteiger partial charge in [0.25, 0.3) is 0 Å². The van der Waals surface area contributed by atoms with Gasteiger partial charge in [-0.1, -0.05) is 138 Å². The van der Waals surface area contributed by atoms with Gasteiger partial charge in [-0.3, -0.25) is 0 Å². The molecule has 0 spiro atoms. The molecule has 264 valence electrons. The minimum Gasteiger partial charge on any atom is -0.455 e. The number of furan rings is 1. The van der Waals surface area contributed by atoms with E-state index in [1.165, 1.54) is 49.6 Å². The zero-order valence-electron chi connectivity index (χ0n) is 31.7. The number of hydrogen-bond donors (Lipinski definition) is 0. The lowest BCUT2D eigenvalue weighted by atomic mass is 9.73. The van der Waals surface area contributed by atoms with E-state index in [-0.39, 0.29) is 10.8 Å². The molecule has 0 unspecified atom stereocenters. The third kappa shape index (κ3) is 4.54. The molecule has 0 amide bonds. The average Bonchev–Trinajstić information content (AvgIpc) is 3.85. The zero-order chi connectivity index (χ0) is 36.8. The van der Waals surface area contributed by atoms with Crippen molar-refractivity contribution in [3.05, 3.63) is 168 Å². The number of anilines is 3. The summed E-state index contributed by atoms with van der Waals surface area (Å²) in [4.78, 5) is 2.52. The van der Waals surface area contributed by atoms with Gasteiger partial charge >= 0.3 is 0 Å². The van der Waals surface area contributed by atoms with Crippen LogP contribution in [0.15, 0.2) is 156 Å². The predicted octanol–water partition coefficient (Wildman–Crippen LogP) is 14.5. The third-order valence-corrected chi connectivity index (χ3v) is 12.2. The van der Waals surface area contributed by atoms with E-state index in [2.05, 4.69) is 196 Å². The van der Waals surface area contributed by atoms with Crippen molar-refractivity contribution in [2.24, 2.45) is 0 Å². The van der Waals surface area contributed by atoms with Crippen molar-refractivity contribution in [3.63, 3.8) is 0 Å². The highest BCUT2D eigenvalue weighted by Gasteiger charge is 2.43. The van der Waals surface area contributed by atoms with Crippen molar-refractivity contribution in [2.75, 3.05) is 4.90 Å². The molecule has 0 N–H and O–H groups in total. The molecule has 10 rings (SSSR count). The average molecular weight is 701 g/mol. The van der Waals surface area contributed by atoms with E-state index in [0.29, 0.717) is 0 Å². The van der Waals surface area contributed by atoms with Crippen molar-refractivity contribution in [1.82, 2.24) is 4.57 Å². The molecule has 0 saturated carbocycles. The number of para-hydroxylation sites is 4. The van der Waals surface area contributed by atoms with Crippen LogP contribution in [0.3, 0.4) is 0 Å². The van der Waals surface area contributed by atoms with E-state index in [9.17, 15) is 0 Å². The number of fused-ring (bicyclic) bond motifs is 10. The quantitative estimate of drug-likeness (QED) is 0.172. The van der Waals surface area contributed by atoms with Crippen LogP contribution in [-0.4, -0.2) is 4.57 Å². The molecule has 0 aliphatic heterocycles. The van der Waals surface area contributed by atoms with Crippen molar-refractivity contribution in [2.45, 2.75) is 58.3 Å². The van der Waals surface area contributed by atoms with Crippen LogP contribution in [0.25, 0.3) is 60.6 Å². The minimum atomic E-state index is -0.138. The number of benzene rings is 7. The Balaban J connectivity index is 1.39. The van der Waals surface area contributed by atoms with Crippen molar-refractivity contribution >= 4 is 60.8 Å². The Bertz CT molecular complexity index is 2880. The van der Waals surface area contributed by atoms with Crippen LogP contribution in [-0.2, 0) is 10.8 Å². The highest BCUT2D eigenvalue weighted by Crippen LogP contribution is 2.59. The van der Waals surface area contributed by atoms with Gasteiger partial charge in [0.2, 0.25) is 0 Å². The lowest BCUT2D eigenvalue weighted by molar-refractivity contribution is 0.490. The van der Waals surface area contributed by atoms with Crippen LogP contribution in [0.2, 0.25) is 0 Å². The third-order valence-electron chi connectivity index (χ3n) is 12.2. The van der Waals surface area contributed by atoms with Crippen LogP contribution in [0.1, 0.15) is 64.2 Å². The summed E-state index contributed by atoms with van der Waals surface area (Å²) in [6.45, 7) is 11.5. The fraction of sp³-hybridized carbons (Fsp3) is 0.176. The molecule has 0 radical (unpaired) electrons. The minimum absolute atomic E-state index is 0.0261. The van der Waals surface area contributed by atoms with Gasteiger partial charge in [0, 0.05) is 38.5 Å². The van der Waals surface area contributed by atoms with Crippen LogP contribution in [0.5, 0.6) is 0 Å². The lowest BCUT2D eigenvalue weighted by Gasteiger charge is -2.32. The summed E-state index contributed by atoms with van der Waals surface area (Å²) in [6.07, 6.45) is 1.99. The second-order valence-electron chi connectivity index (χ2n) is 15.9. The van der Waals surface area contributed by atoms with E-state index < -0.39 is 0 Å². The number of hydrogen-bond acceptors (Lipinski definition) is 2. The first-order valence-corrected chi connectivity index (χ1v) is 19.4. The van der Waals surface area contributed by atoms with Crippen LogP contribution < -0.4 is 4.90 Å². The van der Waals surface area contributed by atoms with Gasteiger partial charge in [-0.05, 0) is 89.0 Å².